The molecule has 0 heteroatoms. The van der Waals surface area contributed by atoms with Gasteiger partial charge in [0.15, 0.2) is 0 Å². The second-order valence-corrected chi connectivity index (χ2v) is 7.47. The van der Waals surface area contributed by atoms with E-state index < -0.39 is 0 Å². The van der Waals surface area contributed by atoms with E-state index in [1.54, 1.807) is 16.7 Å². The average Bonchev–Trinajstić information content (AvgIpc) is 2.47. The number of aryl methyl sites for hydroxylation is 1. The lowest BCUT2D eigenvalue weighted by molar-refractivity contribution is 0.249. The second-order valence-electron chi connectivity index (χ2n) is 7.47. The van der Waals surface area contributed by atoms with E-state index in [0.717, 1.165) is 17.8 Å². The van der Waals surface area contributed by atoms with E-state index >= 15 is 0 Å². The predicted molar refractivity (Wildman–Crippen MR) is 94.2 cm³/mol. The molecular formula is C21H34. The smallest absolute Gasteiger partial charge is 0.0131 e. The van der Waals surface area contributed by atoms with E-state index in [4.69, 9.17) is 0 Å². The van der Waals surface area contributed by atoms with Gasteiger partial charge in [0, 0.05) is 0 Å². The second kappa shape index (κ2) is 6.99. The maximum atomic E-state index is 2.49. The number of hydrogen-bond acceptors (Lipinski definition) is 0. The van der Waals surface area contributed by atoms with E-state index in [1.807, 2.05) is 0 Å². The molecule has 0 saturated carbocycles. The first-order chi connectivity index (χ1) is 9.99. The van der Waals surface area contributed by atoms with Crippen molar-refractivity contribution < 1.29 is 0 Å². The lowest BCUT2D eigenvalue weighted by atomic mass is 9.63. The molecule has 1 aliphatic rings. The minimum atomic E-state index is 0.710. The standard InChI is InChI=1S/C21H34/c1-7-8-9-10-11-19-17(5)16(4)18(6)21-15(3)14(2)12-13-20(19)21/h12-13,16-19H,7-11H2,1-6H3. The van der Waals surface area contributed by atoms with Crippen LogP contribution in [0.2, 0.25) is 0 Å². The third-order valence-electron chi connectivity index (χ3n) is 6.30. The monoisotopic (exact) mass is 286 g/mol. The summed E-state index contributed by atoms with van der Waals surface area (Å²) >= 11 is 0. The van der Waals surface area contributed by atoms with Gasteiger partial charge in [0.05, 0.1) is 0 Å². The van der Waals surface area contributed by atoms with Gasteiger partial charge in [-0.1, -0.05) is 65.5 Å². The molecule has 0 heterocycles. The summed E-state index contributed by atoms with van der Waals surface area (Å²) in [6.45, 7) is 14.3. The fourth-order valence-corrected chi connectivity index (χ4v) is 4.36. The molecule has 0 bridgehead atoms. The number of benzene rings is 1. The summed E-state index contributed by atoms with van der Waals surface area (Å²) in [6, 6.07) is 4.80. The van der Waals surface area contributed by atoms with Crippen molar-refractivity contribution >= 4 is 0 Å². The van der Waals surface area contributed by atoms with Crippen molar-refractivity contribution in [1.29, 1.82) is 0 Å². The maximum absolute atomic E-state index is 2.49. The molecule has 0 aromatic heterocycles. The van der Waals surface area contributed by atoms with Crippen LogP contribution in [0.5, 0.6) is 0 Å². The molecular weight excluding hydrogens is 252 g/mol. The van der Waals surface area contributed by atoms with Crippen LogP contribution >= 0.6 is 0 Å². The van der Waals surface area contributed by atoms with E-state index in [-0.39, 0.29) is 0 Å². The Morgan fingerprint density at radius 2 is 1.62 bits per heavy atom. The van der Waals surface area contributed by atoms with Crippen molar-refractivity contribution in [3.63, 3.8) is 0 Å². The molecule has 0 aliphatic heterocycles. The normalized spacial score (nSPS) is 28.5. The van der Waals surface area contributed by atoms with Crippen LogP contribution in [0.3, 0.4) is 0 Å². The lowest BCUT2D eigenvalue weighted by Gasteiger charge is -2.42. The molecule has 1 aliphatic carbocycles. The fraction of sp³-hybridized carbons (Fsp3) is 0.714. The summed E-state index contributed by atoms with van der Waals surface area (Å²) in [4.78, 5) is 0. The van der Waals surface area contributed by atoms with Gasteiger partial charge in [-0.05, 0) is 66.2 Å². The van der Waals surface area contributed by atoms with E-state index in [2.05, 4.69) is 53.7 Å². The van der Waals surface area contributed by atoms with Gasteiger partial charge in [0.2, 0.25) is 0 Å². The fourth-order valence-electron chi connectivity index (χ4n) is 4.36. The Morgan fingerprint density at radius 3 is 2.29 bits per heavy atom. The Kier molecular flexibility index (Phi) is 5.52. The van der Waals surface area contributed by atoms with Crippen LogP contribution in [0.25, 0.3) is 0 Å². The summed E-state index contributed by atoms with van der Waals surface area (Å²) in [5.74, 6) is 3.11. The highest BCUT2D eigenvalue weighted by Gasteiger charge is 2.36. The van der Waals surface area contributed by atoms with Crippen LogP contribution in [0, 0.1) is 25.7 Å². The predicted octanol–water partition coefficient (Wildman–Crippen LogP) is 6.75. The molecule has 0 saturated heterocycles. The van der Waals surface area contributed by atoms with Crippen LogP contribution < -0.4 is 0 Å². The summed E-state index contributed by atoms with van der Waals surface area (Å²) in [5, 5.41) is 0. The summed E-state index contributed by atoms with van der Waals surface area (Å²) < 4.78 is 0. The third kappa shape index (κ3) is 3.20. The number of unbranched alkanes of at least 4 members (excludes halogenated alkanes) is 3. The Morgan fingerprint density at radius 1 is 0.905 bits per heavy atom. The highest BCUT2D eigenvalue weighted by molar-refractivity contribution is 5.46. The molecule has 21 heavy (non-hydrogen) atoms. The Labute approximate surface area is 132 Å². The van der Waals surface area contributed by atoms with Gasteiger partial charge in [-0.3, -0.25) is 0 Å². The van der Waals surface area contributed by atoms with Gasteiger partial charge in [-0.25, -0.2) is 0 Å². The number of fused-ring (bicyclic) bond motifs is 1. The van der Waals surface area contributed by atoms with Gasteiger partial charge in [0.1, 0.15) is 0 Å². The van der Waals surface area contributed by atoms with Crippen LogP contribution in [0.4, 0.5) is 0 Å². The van der Waals surface area contributed by atoms with E-state index in [9.17, 15) is 0 Å². The Balaban J connectivity index is 2.29. The van der Waals surface area contributed by atoms with Gasteiger partial charge in [0.25, 0.3) is 0 Å². The lowest BCUT2D eigenvalue weighted by Crippen LogP contribution is -2.29. The first-order valence-electron chi connectivity index (χ1n) is 9.09. The molecule has 0 N–H and O–H groups in total. The molecule has 0 amide bonds. The molecule has 0 radical (unpaired) electrons. The molecule has 0 fully saturated rings. The molecule has 4 unspecified atom stereocenters. The van der Waals surface area contributed by atoms with Crippen LogP contribution in [-0.2, 0) is 0 Å². The van der Waals surface area contributed by atoms with Crippen molar-refractivity contribution in [1.82, 2.24) is 0 Å². The van der Waals surface area contributed by atoms with Crippen molar-refractivity contribution in [2.75, 3.05) is 0 Å². The number of rotatable bonds is 5. The Hall–Kier alpha value is -0.780. The Bertz CT molecular complexity index is 471. The van der Waals surface area contributed by atoms with E-state index in [1.165, 1.54) is 37.7 Å². The van der Waals surface area contributed by atoms with Gasteiger partial charge >= 0.3 is 0 Å². The number of hydrogen-bond donors (Lipinski definition) is 0. The summed E-state index contributed by atoms with van der Waals surface area (Å²) in [7, 11) is 0. The molecule has 4 atom stereocenters. The van der Waals surface area contributed by atoms with Gasteiger partial charge in [-0.15, -0.1) is 0 Å². The largest absolute Gasteiger partial charge is 0.0654 e. The molecule has 0 nitrogen and oxygen atoms in total. The highest BCUT2D eigenvalue weighted by Crippen LogP contribution is 2.49. The first kappa shape index (κ1) is 16.6. The minimum Gasteiger partial charge on any atom is -0.0654 e. The zero-order chi connectivity index (χ0) is 15.6. The quantitative estimate of drug-likeness (QED) is 0.525. The average molecular weight is 287 g/mol. The van der Waals surface area contributed by atoms with Crippen molar-refractivity contribution in [3.8, 4) is 0 Å². The topological polar surface area (TPSA) is 0 Å². The zero-order valence-corrected chi connectivity index (χ0v) is 15.0. The molecule has 118 valence electrons. The van der Waals surface area contributed by atoms with Gasteiger partial charge in [-0.2, -0.15) is 0 Å². The van der Waals surface area contributed by atoms with Crippen molar-refractivity contribution in [2.45, 2.75) is 85.5 Å². The van der Waals surface area contributed by atoms with Gasteiger partial charge < -0.3 is 0 Å². The summed E-state index contributed by atoms with van der Waals surface area (Å²) in [6.07, 6.45) is 6.92. The molecule has 2 rings (SSSR count). The highest BCUT2D eigenvalue weighted by atomic mass is 14.4. The SMILES string of the molecule is CCCCCCC1c2ccc(C)c(C)c2C(C)C(C)C1C. The molecule has 1 aromatic carbocycles. The maximum Gasteiger partial charge on any atom is -0.0131 e. The van der Waals surface area contributed by atoms with Crippen molar-refractivity contribution in [2.24, 2.45) is 11.8 Å². The van der Waals surface area contributed by atoms with Crippen molar-refractivity contribution in [3.05, 3.63) is 34.4 Å². The molecule has 1 aromatic rings. The first-order valence-corrected chi connectivity index (χ1v) is 9.09. The summed E-state index contributed by atoms with van der Waals surface area (Å²) in [5.41, 5.74) is 6.37. The molecule has 0 spiro atoms. The van der Waals surface area contributed by atoms with E-state index in [0.29, 0.717) is 5.92 Å². The third-order valence-corrected chi connectivity index (χ3v) is 6.30. The van der Waals surface area contributed by atoms with Crippen LogP contribution in [0.1, 0.15) is 93.9 Å². The van der Waals surface area contributed by atoms with Crippen LogP contribution in [0.15, 0.2) is 12.1 Å². The minimum absolute atomic E-state index is 0.710. The zero-order valence-electron chi connectivity index (χ0n) is 15.0. The van der Waals surface area contributed by atoms with Crippen LogP contribution in [-0.4, -0.2) is 0 Å².